The second-order valence-corrected chi connectivity index (χ2v) is 4.04. The molecule has 1 N–H and O–H groups in total. The normalized spacial score (nSPS) is 12.8. The summed E-state index contributed by atoms with van der Waals surface area (Å²) in [6.07, 6.45) is 2.41. The number of hydrogen-bond acceptors (Lipinski definition) is 3. The Labute approximate surface area is 98.5 Å². The van der Waals surface area contributed by atoms with E-state index in [2.05, 4.69) is 10.1 Å². The van der Waals surface area contributed by atoms with Gasteiger partial charge in [-0.2, -0.15) is 5.10 Å². The molecule has 4 nitrogen and oxygen atoms in total. The molecule has 1 atom stereocenters. The van der Waals surface area contributed by atoms with Crippen LogP contribution in [0.25, 0.3) is 0 Å². The lowest BCUT2D eigenvalue weighted by atomic mass is 10.1. The molecule has 16 heavy (non-hydrogen) atoms. The molecule has 0 radical (unpaired) electrons. The van der Waals surface area contributed by atoms with Crippen molar-refractivity contribution in [1.82, 2.24) is 14.8 Å². The van der Waals surface area contributed by atoms with E-state index in [1.165, 1.54) is 6.20 Å². The van der Waals surface area contributed by atoms with E-state index >= 15 is 0 Å². The van der Waals surface area contributed by atoms with Crippen molar-refractivity contribution in [3.63, 3.8) is 0 Å². The smallest absolute Gasteiger partial charge is 0.122 e. The Morgan fingerprint density at radius 3 is 2.81 bits per heavy atom. The highest BCUT2D eigenvalue weighted by Gasteiger charge is 2.18. The van der Waals surface area contributed by atoms with E-state index in [1.54, 1.807) is 24.0 Å². The van der Waals surface area contributed by atoms with E-state index in [9.17, 15) is 5.11 Å². The van der Waals surface area contributed by atoms with Gasteiger partial charge in [0.15, 0.2) is 0 Å². The van der Waals surface area contributed by atoms with Gasteiger partial charge in [-0.25, -0.2) is 0 Å². The summed E-state index contributed by atoms with van der Waals surface area (Å²) in [5.41, 5.74) is 2.21. The molecule has 2 heterocycles. The van der Waals surface area contributed by atoms with Crippen LogP contribution in [0.5, 0.6) is 0 Å². The molecular formula is C11H12ClN3O. The van der Waals surface area contributed by atoms with Crippen molar-refractivity contribution in [2.45, 2.75) is 13.0 Å². The van der Waals surface area contributed by atoms with E-state index in [-0.39, 0.29) is 0 Å². The highest BCUT2D eigenvalue weighted by Crippen LogP contribution is 2.27. The number of halogens is 1. The summed E-state index contributed by atoms with van der Waals surface area (Å²) in [5, 5.41) is 14.7. The average Bonchev–Trinajstić information content (AvgIpc) is 2.58. The minimum Gasteiger partial charge on any atom is -0.382 e. The van der Waals surface area contributed by atoms with Crippen LogP contribution in [-0.2, 0) is 7.05 Å². The van der Waals surface area contributed by atoms with Crippen LogP contribution >= 0.6 is 11.6 Å². The van der Waals surface area contributed by atoms with Crippen LogP contribution in [0.15, 0.2) is 24.5 Å². The van der Waals surface area contributed by atoms with Crippen molar-refractivity contribution in [1.29, 1.82) is 0 Å². The summed E-state index contributed by atoms with van der Waals surface area (Å²) in [7, 11) is 1.75. The fourth-order valence-corrected chi connectivity index (χ4v) is 1.89. The monoisotopic (exact) mass is 237 g/mol. The number of aliphatic hydroxyl groups is 1. The van der Waals surface area contributed by atoms with Gasteiger partial charge in [0.1, 0.15) is 6.10 Å². The van der Waals surface area contributed by atoms with Gasteiger partial charge in [-0.15, -0.1) is 0 Å². The van der Waals surface area contributed by atoms with Crippen molar-refractivity contribution >= 4 is 11.6 Å². The molecule has 0 saturated heterocycles. The van der Waals surface area contributed by atoms with E-state index in [0.29, 0.717) is 10.7 Å². The predicted octanol–water partition coefficient (Wildman–Crippen LogP) is 1.86. The Hall–Kier alpha value is -1.39. The largest absolute Gasteiger partial charge is 0.382 e. The number of aryl methyl sites for hydroxylation is 2. The highest BCUT2D eigenvalue weighted by atomic mass is 35.5. The molecule has 2 aromatic heterocycles. The molecule has 0 bridgehead atoms. The lowest BCUT2D eigenvalue weighted by Gasteiger charge is -2.12. The standard InChI is InChI=1S/C11H12ClN3O/c1-7-5-8(3-4-13-7)11(16)10-9(12)6-14-15(10)2/h3-6,11,16H,1-2H3. The van der Waals surface area contributed by atoms with Crippen LogP contribution in [0.1, 0.15) is 23.1 Å². The predicted molar refractivity (Wildman–Crippen MR) is 61.3 cm³/mol. The molecule has 0 aliphatic rings. The van der Waals surface area contributed by atoms with Gasteiger partial charge in [-0.1, -0.05) is 11.6 Å². The molecule has 2 rings (SSSR count). The molecule has 0 fully saturated rings. The Balaban J connectivity index is 2.43. The maximum Gasteiger partial charge on any atom is 0.122 e. The molecule has 1 unspecified atom stereocenters. The van der Waals surface area contributed by atoms with Gasteiger partial charge in [0, 0.05) is 18.9 Å². The Kier molecular flexibility index (Phi) is 2.94. The summed E-state index contributed by atoms with van der Waals surface area (Å²) in [4.78, 5) is 4.08. The Morgan fingerprint density at radius 2 is 2.25 bits per heavy atom. The van der Waals surface area contributed by atoms with Gasteiger partial charge < -0.3 is 5.11 Å². The van der Waals surface area contributed by atoms with Crippen molar-refractivity contribution in [3.05, 3.63) is 46.5 Å². The number of aromatic nitrogens is 3. The molecule has 0 amide bonds. The van der Waals surface area contributed by atoms with Gasteiger partial charge >= 0.3 is 0 Å². The van der Waals surface area contributed by atoms with Gasteiger partial charge in [-0.05, 0) is 24.6 Å². The minimum absolute atomic E-state index is 0.462. The zero-order valence-corrected chi connectivity index (χ0v) is 9.81. The number of pyridine rings is 1. The summed E-state index contributed by atoms with van der Waals surface area (Å²) in [6.45, 7) is 1.88. The molecule has 2 aromatic rings. The van der Waals surface area contributed by atoms with Crippen LogP contribution in [0.3, 0.4) is 0 Å². The van der Waals surface area contributed by atoms with Crippen molar-refractivity contribution in [2.24, 2.45) is 7.05 Å². The molecule has 5 heteroatoms. The van der Waals surface area contributed by atoms with E-state index < -0.39 is 6.10 Å². The van der Waals surface area contributed by atoms with Gasteiger partial charge in [-0.3, -0.25) is 9.67 Å². The second kappa shape index (κ2) is 4.23. The van der Waals surface area contributed by atoms with Gasteiger partial charge in [0.05, 0.1) is 16.9 Å². The average molecular weight is 238 g/mol. The summed E-state index contributed by atoms with van der Waals surface area (Å²) in [6, 6.07) is 3.59. The SMILES string of the molecule is Cc1cc(C(O)c2c(Cl)cnn2C)ccn1. The highest BCUT2D eigenvalue weighted by molar-refractivity contribution is 6.31. The molecule has 0 aliphatic heterocycles. The maximum absolute atomic E-state index is 10.2. The van der Waals surface area contributed by atoms with Crippen LogP contribution in [-0.4, -0.2) is 19.9 Å². The second-order valence-electron chi connectivity index (χ2n) is 3.63. The summed E-state index contributed by atoms with van der Waals surface area (Å²) in [5.74, 6) is 0. The third-order valence-electron chi connectivity index (χ3n) is 2.43. The van der Waals surface area contributed by atoms with Crippen molar-refractivity contribution in [2.75, 3.05) is 0 Å². The molecule has 84 valence electrons. The molecular weight excluding hydrogens is 226 g/mol. The topological polar surface area (TPSA) is 50.9 Å². The number of aliphatic hydroxyl groups excluding tert-OH is 1. The Morgan fingerprint density at radius 1 is 1.50 bits per heavy atom. The van der Waals surface area contributed by atoms with E-state index in [4.69, 9.17) is 11.6 Å². The first-order valence-corrected chi connectivity index (χ1v) is 5.25. The number of rotatable bonds is 2. The quantitative estimate of drug-likeness (QED) is 0.868. The fourth-order valence-electron chi connectivity index (χ4n) is 1.62. The van der Waals surface area contributed by atoms with Crippen LogP contribution in [0, 0.1) is 6.92 Å². The van der Waals surface area contributed by atoms with Gasteiger partial charge in [0.25, 0.3) is 0 Å². The maximum atomic E-state index is 10.2. The third-order valence-corrected chi connectivity index (χ3v) is 2.72. The van der Waals surface area contributed by atoms with E-state index in [1.807, 2.05) is 13.0 Å². The molecule has 0 spiro atoms. The number of hydrogen-bond donors (Lipinski definition) is 1. The van der Waals surface area contributed by atoms with E-state index in [0.717, 1.165) is 11.3 Å². The summed E-state index contributed by atoms with van der Waals surface area (Å²) >= 11 is 5.97. The zero-order valence-electron chi connectivity index (χ0n) is 9.05. The fraction of sp³-hybridized carbons (Fsp3) is 0.273. The third kappa shape index (κ3) is 1.94. The Bertz CT molecular complexity index is 490. The first-order chi connectivity index (χ1) is 7.59. The van der Waals surface area contributed by atoms with Crippen LogP contribution in [0.4, 0.5) is 0 Å². The van der Waals surface area contributed by atoms with Crippen LogP contribution in [0.2, 0.25) is 5.02 Å². The van der Waals surface area contributed by atoms with Crippen molar-refractivity contribution < 1.29 is 5.11 Å². The lowest BCUT2D eigenvalue weighted by molar-refractivity contribution is 0.209. The zero-order chi connectivity index (χ0) is 11.7. The molecule has 0 aliphatic carbocycles. The minimum atomic E-state index is -0.776. The number of nitrogens with zero attached hydrogens (tertiary/aromatic N) is 3. The first-order valence-electron chi connectivity index (χ1n) is 4.87. The van der Waals surface area contributed by atoms with Crippen LogP contribution < -0.4 is 0 Å². The first kappa shape index (κ1) is 11.1. The van der Waals surface area contributed by atoms with Crippen molar-refractivity contribution in [3.8, 4) is 0 Å². The molecule has 0 aromatic carbocycles. The lowest BCUT2D eigenvalue weighted by Crippen LogP contribution is -2.07. The molecule has 0 saturated carbocycles. The summed E-state index contributed by atoms with van der Waals surface area (Å²) < 4.78 is 1.57. The van der Waals surface area contributed by atoms with Gasteiger partial charge in [0.2, 0.25) is 0 Å².